The number of rotatable bonds is 19. The summed E-state index contributed by atoms with van der Waals surface area (Å²) >= 11 is 3.18. The highest BCUT2D eigenvalue weighted by atomic mass is 32.2. The minimum Gasteiger partial charge on any atom is -0.492 e. The minimum absolute atomic E-state index is 0.0211. The molecule has 0 aliphatic carbocycles. The number of fused-ring (bicyclic) bond motifs is 2. The molecule has 2 aromatic heterocycles. The number of aromatic nitrogens is 2. The Balaban J connectivity index is 1.06. The van der Waals surface area contributed by atoms with Crippen LogP contribution in [0.2, 0.25) is 0 Å². The van der Waals surface area contributed by atoms with Crippen LogP contribution in [0.1, 0.15) is 10.0 Å². The van der Waals surface area contributed by atoms with E-state index < -0.39 is 44.2 Å². The molecule has 3 unspecified atom stereocenters. The molecule has 3 N–H and O–H groups in total. The van der Waals surface area contributed by atoms with Crippen LogP contribution >= 0.6 is 22.7 Å². The van der Waals surface area contributed by atoms with Gasteiger partial charge in [0.05, 0.1) is 55.0 Å². The molecule has 352 valence electrons. The van der Waals surface area contributed by atoms with Gasteiger partial charge in [-0.05, 0) is 61.4 Å². The summed E-state index contributed by atoms with van der Waals surface area (Å²) in [7, 11) is -7.71. The SMILES string of the molecule is Cc1nc2cc(OCC(CN3CCN(C(C(=O)Nc4cccc(-c5ccccc5)c4)N(C(COc4ccc5sc(C)nc5c4)CN4CCNCC4)S(C)(=O)=O)CC3)NS(C)(=O)=O)ccc2s1. The van der Waals surface area contributed by atoms with Gasteiger partial charge in [-0.3, -0.25) is 19.5 Å². The smallest absolute Gasteiger partial charge is 0.257 e. The standard InChI is InChI=1S/C46H57N9O7S4/c1-32-48-41-26-39(13-15-43(41)63-32)61-30-37(51-65(3,57)58)28-53-21-23-54(24-22-53)46(45(56)50-36-12-8-11-35(25-36)34-9-6-5-7-10-34)55(66(4,59)60)38(29-52-19-17-47-18-20-52)31-62-40-14-16-44-42(27-40)49-33(2)64-44/h5-16,25-27,37-38,46-47,51H,17-24,28-31H2,1-4H3,(H,50,56). The van der Waals surface area contributed by atoms with Gasteiger partial charge >= 0.3 is 0 Å². The van der Waals surface area contributed by atoms with Gasteiger partial charge in [0.1, 0.15) is 24.7 Å². The lowest BCUT2D eigenvalue weighted by molar-refractivity contribution is -0.128. The van der Waals surface area contributed by atoms with Gasteiger partial charge in [0.25, 0.3) is 5.91 Å². The van der Waals surface area contributed by atoms with Crippen LogP contribution in [-0.2, 0) is 24.8 Å². The van der Waals surface area contributed by atoms with Gasteiger partial charge in [-0.25, -0.2) is 31.5 Å². The number of carbonyl (C=O) groups is 1. The third-order valence-electron chi connectivity index (χ3n) is 11.6. The summed E-state index contributed by atoms with van der Waals surface area (Å²) in [6.45, 7) is 8.94. The molecule has 0 bridgehead atoms. The zero-order valence-electron chi connectivity index (χ0n) is 37.6. The van der Waals surface area contributed by atoms with E-state index in [1.807, 2.05) is 104 Å². The summed E-state index contributed by atoms with van der Waals surface area (Å²) in [5.41, 5.74) is 4.02. The molecule has 1 amide bonds. The van der Waals surface area contributed by atoms with Gasteiger partial charge in [-0.1, -0.05) is 42.5 Å². The Morgan fingerprint density at radius 2 is 1.32 bits per heavy atom. The molecule has 8 rings (SSSR count). The summed E-state index contributed by atoms with van der Waals surface area (Å²) in [5.74, 6) is 0.639. The van der Waals surface area contributed by atoms with Crippen molar-refractivity contribution < 1.29 is 31.1 Å². The predicted octanol–water partition coefficient (Wildman–Crippen LogP) is 4.68. The van der Waals surface area contributed by atoms with Crippen molar-refractivity contribution >= 4 is 74.7 Å². The summed E-state index contributed by atoms with van der Waals surface area (Å²) in [4.78, 5) is 30.5. The molecule has 2 fully saturated rings. The van der Waals surface area contributed by atoms with E-state index in [1.54, 1.807) is 28.7 Å². The molecule has 16 nitrogen and oxygen atoms in total. The first kappa shape index (κ1) is 47.9. The lowest BCUT2D eigenvalue weighted by Gasteiger charge is -2.45. The molecular weight excluding hydrogens is 919 g/mol. The van der Waals surface area contributed by atoms with Crippen molar-refractivity contribution in [1.29, 1.82) is 0 Å². The van der Waals surface area contributed by atoms with E-state index in [0.29, 0.717) is 69.5 Å². The second-order valence-electron chi connectivity index (χ2n) is 16.9. The van der Waals surface area contributed by atoms with Crippen LogP contribution in [0.4, 0.5) is 5.69 Å². The van der Waals surface area contributed by atoms with Crippen molar-refractivity contribution in [2.45, 2.75) is 32.1 Å². The highest BCUT2D eigenvalue weighted by Gasteiger charge is 2.44. The van der Waals surface area contributed by atoms with E-state index in [2.05, 4.69) is 35.1 Å². The predicted molar refractivity (Wildman–Crippen MR) is 264 cm³/mol. The topological polar surface area (TPSA) is 179 Å². The number of sulfonamides is 2. The molecule has 4 heterocycles. The van der Waals surface area contributed by atoms with Gasteiger partial charge < -0.3 is 20.1 Å². The van der Waals surface area contributed by atoms with Gasteiger partial charge in [-0.2, -0.15) is 4.31 Å². The van der Waals surface area contributed by atoms with Crippen LogP contribution < -0.4 is 24.8 Å². The van der Waals surface area contributed by atoms with Gasteiger partial charge in [0, 0.05) is 83.3 Å². The average Bonchev–Trinajstić information content (AvgIpc) is 3.86. The number of hydrogen-bond acceptors (Lipinski definition) is 15. The van der Waals surface area contributed by atoms with Crippen molar-refractivity contribution in [2.75, 3.05) is 96.5 Å². The molecule has 2 aliphatic rings. The lowest BCUT2D eigenvalue weighted by atomic mass is 10.1. The van der Waals surface area contributed by atoms with Crippen molar-refractivity contribution in [2.24, 2.45) is 0 Å². The Kier molecular flexibility index (Phi) is 15.3. The second kappa shape index (κ2) is 21.1. The fourth-order valence-corrected chi connectivity index (χ4v) is 12.3. The number of nitrogens with zero attached hydrogens (tertiary/aromatic N) is 6. The van der Waals surface area contributed by atoms with Crippen LogP contribution in [-0.4, -0.2) is 161 Å². The highest BCUT2D eigenvalue weighted by Crippen LogP contribution is 2.29. The number of piperazine rings is 2. The maximum atomic E-state index is 15.0. The quantitative estimate of drug-likeness (QED) is 0.102. The first-order valence-corrected chi connectivity index (χ1v) is 27.3. The molecule has 2 saturated heterocycles. The molecule has 0 radical (unpaired) electrons. The van der Waals surface area contributed by atoms with Gasteiger partial charge in [0.15, 0.2) is 6.17 Å². The van der Waals surface area contributed by atoms with Crippen LogP contribution in [0.15, 0.2) is 91.0 Å². The molecule has 20 heteroatoms. The molecular formula is C46H57N9O7S4. The Bertz CT molecular complexity index is 2830. The largest absolute Gasteiger partial charge is 0.492 e. The van der Waals surface area contributed by atoms with E-state index in [-0.39, 0.29) is 13.2 Å². The number of carbonyl (C=O) groups excluding carboxylic acids is 1. The zero-order chi connectivity index (χ0) is 46.4. The van der Waals surface area contributed by atoms with Crippen molar-refractivity contribution in [3.8, 4) is 22.6 Å². The number of thiazole rings is 2. The Hall–Kier alpha value is -4.61. The lowest BCUT2D eigenvalue weighted by Crippen LogP contribution is -2.66. The Labute approximate surface area is 395 Å². The Morgan fingerprint density at radius 1 is 0.727 bits per heavy atom. The first-order valence-electron chi connectivity index (χ1n) is 22.0. The third kappa shape index (κ3) is 12.7. The number of aryl methyl sites for hydroxylation is 2. The zero-order valence-corrected chi connectivity index (χ0v) is 40.8. The maximum absolute atomic E-state index is 15.0. The summed E-state index contributed by atoms with van der Waals surface area (Å²) in [6.07, 6.45) is 1.02. The fourth-order valence-electron chi connectivity index (χ4n) is 8.65. The van der Waals surface area contributed by atoms with Crippen molar-refractivity contribution in [3.63, 3.8) is 0 Å². The van der Waals surface area contributed by atoms with Crippen molar-refractivity contribution in [1.82, 2.24) is 39.0 Å². The molecule has 66 heavy (non-hydrogen) atoms. The summed E-state index contributed by atoms with van der Waals surface area (Å²) in [5, 5.41) is 8.35. The number of hydrogen-bond donors (Lipinski definition) is 3. The van der Waals surface area contributed by atoms with Crippen LogP contribution in [0.3, 0.4) is 0 Å². The number of benzene rings is 4. The van der Waals surface area contributed by atoms with Gasteiger partial charge in [0.2, 0.25) is 20.0 Å². The molecule has 0 spiro atoms. The maximum Gasteiger partial charge on any atom is 0.257 e. The molecule has 3 atom stereocenters. The van der Waals surface area contributed by atoms with Crippen molar-refractivity contribution in [3.05, 3.63) is 101 Å². The summed E-state index contributed by atoms with van der Waals surface area (Å²) < 4.78 is 72.8. The van der Waals surface area contributed by atoms with E-state index >= 15 is 4.79 Å². The Morgan fingerprint density at radius 3 is 1.92 bits per heavy atom. The van der Waals surface area contributed by atoms with Crippen LogP contribution in [0.25, 0.3) is 31.6 Å². The van der Waals surface area contributed by atoms with E-state index in [1.165, 1.54) is 4.31 Å². The second-order valence-corrected chi connectivity index (χ2v) is 23.0. The highest BCUT2D eigenvalue weighted by molar-refractivity contribution is 7.88. The molecule has 6 aromatic rings. The normalized spacial score (nSPS) is 17.2. The molecule has 0 saturated carbocycles. The number of amides is 1. The first-order chi connectivity index (χ1) is 31.6. The molecule has 2 aliphatic heterocycles. The minimum atomic E-state index is -4.10. The van der Waals surface area contributed by atoms with E-state index in [4.69, 9.17) is 9.47 Å². The third-order valence-corrected chi connectivity index (χ3v) is 15.5. The van der Waals surface area contributed by atoms with Crippen LogP contribution in [0.5, 0.6) is 11.5 Å². The number of nitrogens with one attached hydrogen (secondary N) is 3. The van der Waals surface area contributed by atoms with Gasteiger partial charge in [-0.15, -0.1) is 22.7 Å². The monoisotopic (exact) mass is 975 g/mol. The fraction of sp³-hybridized carbons (Fsp3) is 0.413. The van der Waals surface area contributed by atoms with E-state index in [0.717, 1.165) is 67.2 Å². The molecule has 4 aromatic carbocycles. The summed E-state index contributed by atoms with van der Waals surface area (Å²) in [6, 6.07) is 27.3. The number of anilines is 1. The average molecular weight is 976 g/mol. The van der Waals surface area contributed by atoms with Crippen LogP contribution in [0, 0.1) is 13.8 Å². The van der Waals surface area contributed by atoms with E-state index in [9.17, 15) is 16.8 Å². The number of ether oxygens (including phenoxy) is 2.